The first-order chi connectivity index (χ1) is 15.5. The molecule has 5 heteroatoms. The number of rotatable bonds is 6. The van der Waals surface area contributed by atoms with Crippen LogP contribution in [0, 0.1) is 6.92 Å². The number of ether oxygens (including phenoxy) is 1. The van der Waals surface area contributed by atoms with Crippen molar-refractivity contribution in [1.82, 2.24) is 10.3 Å². The number of aromatic nitrogens is 1. The van der Waals surface area contributed by atoms with Crippen molar-refractivity contribution >= 4 is 34.4 Å². The van der Waals surface area contributed by atoms with E-state index in [2.05, 4.69) is 49.2 Å². The van der Waals surface area contributed by atoms with Gasteiger partial charge < -0.3 is 10.1 Å². The lowest BCUT2D eigenvalue weighted by atomic mass is 10.0. The molecular formula is C27H26N2O3. The summed E-state index contributed by atoms with van der Waals surface area (Å²) in [5, 5.41) is 3.40. The van der Waals surface area contributed by atoms with E-state index in [0.717, 1.165) is 39.7 Å². The van der Waals surface area contributed by atoms with Crippen molar-refractivity contribution in [2.75, 3.05) is 6.54 Å². The maximum atomic E-state index is 13.2. The maximum absolute atomic E-state index is 13.2. The number of aryl methyl sites for hydroxylation is 1. The molecule has 1 aromatic heterocycles. The van der Waals surface area contributed by atoms with E-state index < -0.39 is 12.1 Å². The normalized spacial score (nSPS) is 14.8. The number of esters is 1. The number of nitrogens with zero attached hydrogens (tertiary/aromatic N) is 1. The molecule has 0 spiro atoms. The zero-order chi connectivity index (χ0) is 22.7. The third kappa shape index (κ3) is 4.33. The Kier molecular flexibility index (Phi) is 6.17. The quantitative estimate of drug-likeness (QED) is 0.451. The Labute approximate surface area is 187 Å². The number of para-hydroxylation sites is 1. The second-order valence-electron chi connectivity index (χ2n) is 7.99. The minimum Gasteiger partial charge on any atom is -0.449 e. The van der Waals surface area contributed by atoms with E-state index in [-0.39, 0.29) is 5.91 Å². The zero-order valence-electron chi connectivity index (χ0n) is 18.4. The van der Waals surface area contributed by atoms with Crippen LogP contribution in [0.25, 0.3) is 22.6 Å². The first kappa shape index (κ1) is 21.5. The third-order valence-corrected chi connectivity index (χ3v) is 5.64. The van der Waals surface area contributed by atoms with Gasteiger partial charge in [-0.25, -0.2) is 9.78 Å². The van der Waals surface area contributed by atoms with E-state index >= 15 is 0 Å². The molecule has 1 N–H and O–H groups in total. The molecule has 0 fully saturated rings. The Hall–Kier alpha value is -3.73. The second-order valence-corrected chi connectivity index (χ2v) is 7.99. The van der Waals surface area contributed by atoms with Gasteiger partial charge in [0.05, 0.1) is 16.8 Å². The van der Waals surface area contributed by atoms with Crippen molar-refractivity contribution in [1.29, 1.82) is 0 Å². The van der Waals surface area contributed by atoms with E-state index in [9.17, 15) is 9.59 Å². The average molecular weight is 427 g/mol. The molecule has 0 radical (unpaired) electrons. The molecule has 4 rings (SSSR count). The van der Waals surface area contributed by atoms with Crippen LogP contribution < -0.4 is 5.32 Å². The van der Waals surface area contributed by atoms with Crippen LogP contribution in [0.4, 0.5) is 0 Å². The van der Waals surface area contributed by atoms with Crippen LogP contribution in [-0.2, 0) is 16.0 Å². The largest absolute Gasteiger partial charge is 0.449 e. The van der Waals surface area contributed by atoms with Gasteiger partial charge in [0, 0.05) is 11.9 Å². The molecule has 1 amide bonds. The van der Waals surface area contributed by atoms with Crippen LogP contribution in [0.3, 0.4) is 0 Å². The summed E-state index contributed by atoms with van der Waals surface area (Å²) in [4.78, 5) is 30.3. The SMILES string of the molecule is C=CCNC(=O)C(C)OC(=O)c1c2c(nc3ccccc13)/C(=C/c1ccc(C)cc1)CC2. The predicted molar refractivity (Wildman–Crippen MR) is 127 cm³/mol. The number of hydrogen-bond donors (Lipinski definition) is 1. The molecule has 1 atom stereocenters. The fourth-order valence-corrected chi connectivity index (χ4v) is 3.97. The number of hydrogen-bond acceptors (Lipinski definition) is 4. The van der Waals surface area contributed by atoms with E-state index in [1.54, 1.807) is 13.0 Å². The Morgan fingerprint density at radius 2 is 1.91 bits per heavy atom. The summed E-state index contributed by atoms with van der Waals surface area (Å²) in [6.07, 6.45) is 4.30. The monoisotopic (exact) mass is 426 g/mol. The summed E-state index contributed by atoms with van der Waals surface area (Å²) in [5.74, 6) is -0.856. The standard InChI is InChI=1S/C27H26N2O3/c1-4-15-28-26(30)18(3)32-27(31)24-21-7-5-6-8-23(21)29-25-20(13-14-22(24)25)16-19-11-9-17(2)10-12-19/h4-12,16,18H,1,13-15H2,2-3H3,(H,28,30)/b20-16+. The van der Waals surface area contributed by atoms with Crippen molar-refractivity contribution in [3.8, 4) is 0 Å². The highest BCUT2D eigenvalue weighted by Crippen LogP contribution is 2.38. The van der Waals surface area contributed by atoms with Crippen molar-refractivity contribution in [3.05, 3.63) is 89.1 Å². The minimum atomic E-state index is -0.908. The van der Waals surface area contributed by atoms with E-state index in [4.69, 9.17) is 9.72 Å². The second kappa shape index (κ2) is 9.18. The minimum absolute atomic E-state index is 0.321. The molecule has 2 aromatic carbocycles. The molecule has 32 heavy (non-hydrogen) atoms. The van der Waals surface area contributed by atoms with Crippen LogP contribution in [0.15, 0.2) is 61.2 Å². The molecule has 1 aliphatic rings. The van der Waals surface area contributed by atoms with Gasteiger partial charge in [-0.3, -0.25) is 4.79 Å². The highest BCUT2D eigenvalue weighted by atomic mass is 16.5. The highest BCUT2D eigenvalue weighted by molar-refractivity contribution is 6.07. The molecule has 0 saturated heterocycles. The summed E-state index contributed by atoms with van der Waals surface area (Å²) in [5.41, 5.74) is 6.36. The molecule has 1 heterocycles. The summed E-state index contributed by atoms with van der Waals surface area (Å²) >= 11 is 0. The predicted octanol–water partition coefficient (Wildman–Crippen LogP) is 4.88. The molecule has 1 unspecified atom stereocenters. The van der Waals surface area contributed by atoms with Crippen molar-refractivity contribution in [2.24, 2.45) is 0 Å². The number of allylic oxidation sites excluding steroid dienone is 1. The van der Waals surface area contributed by atoms with Gasteiger partial charge in [0.2, 0.25) is 0 Å². The first-order valence-electron chi connectivity index (χ1n) is 10.8. The van der Waals surface area contributed by atoms with Gasteiger partial charge in [0.1, 0.15) is 0 Å². The molecule has 3 aromatic rings. The van der Waals surface area contributed by atoms with Crippen LogP contribution in [0.5, 0.6) is 0 Å². The summed E-state index contributed by atoms with van der Waals surface area (Å²) in [7, 11) is 0. The van der Waals surface area contributed by atoms with Gasteiger partial charge in [-0.2, -0.15) is 0 Å². The Bertz CT molecular complexity index is 1230. The van der Waals surface area contributed by atoms with Crippen molar-refractivity contribution in [2.45, 2.75) is 32.8 Å². The molecule has 5 nitrogen and oxygen atoms in total. The number of amides is 1. The fourth-order valence-electron chi connectivity index (χ4n) is 3.97. The number of carbonyl (C=O) groups is 2. The highest BCUT2D eigenvalue weighted by Gasteiger charge is 2.29. The van der Waals surface area contributed by atoms with Gasteiger partial charge in [0.15, 0.2) is 6.10 Å². The lowest BCUT2D eigenvalue weighted by Crippen LogP contribution is -2.36. The van der Waals surface area contributed by atoms with Gasteiger partial charge in [0.25, 0.3) is 5.91 Å². The Balaban J connectivity index is 1.73. The van der Waals surface area contributed by atoms with E-state index in [1.807, 2.05) is 24.3 Å². The summed E-state index contributed by atoms with van der Waals surface area (Å²) in [6, 6.07) is 15.9. The molecule has 0 saturated carbocycles. The lowest BCUT2D eigenvalue weighted by Gasteiger charge is -2.16. The van der Waals surface area contributed by atoms with Crippen molar-refractivity contribution in [3.63, 3.8) is 0 Å². The molecular weight excluding hydrogens is 400 g/mol. The summed E-state index contributed by atoms with van der Waals surface area (Å²) < 4.78 is 5.56. The van der Waals surface area contributed by atoms with Gasteiger partial charge in [-0.1, -0.05) is 54.1 Å². The summed E-state index contributed by atoms with van der Waals surface area (Å²) in [6.45, 7) is 7.54. The van der Waals surface area contributed by atoms with Crippen LogP contribution in [0.2, 0.25) is 0 Å². The van der Waals surface area contributed by atoms with Gasteiger partial charge >= 0.3 is 5.97 Å². The number of benzene rings is 2. The van der Waals surface area contributed by atoms with Gasteiger partial charge in [-0.05, 0) is 55.5 Å². The number of pyridine rings is 1. The zero-order valence-corrected chi connectivity index (χ0v) is 18.4. The number of carbonyl (C=O) groups excluding carboxylic acids is 2. The molecule has 0 aliphatic heterocycles. The topological polar surface area (TPSA) is 68.3 Å². The third-order valence-electron chi connectivity index (χ3n) is 5.64. The number of fused-ring (bicyclic) bond motifs is 2. The van der Waals surface area contributed by atoms with Crippen LogP contribution >= 0.6 is 0 Å². The van der Waals surface area contributed by atoms with Crippen LogP contribution in [0.1, 0.15) is 46.1 Å². The fraction of sp³-hybridized carbons (Fsp3) is 0.222. The number of nitrogens with one attached hydrogen (secondary N) is 1. The lowest BCUT2D eigenvalue weighted by molar-refractivity contribution is -0.128. The van der Waals surface area contributed by atoms with E-state index in [1.165, 1.54) is 5.56 Å². The Morgan fingerprint density at radius 3 is 2.66 bits per heavy atom. The average Bonchev–Trinajstić information content (AvgIpc) is 3.19. The molecule has 0 bridgehead atoms. The van der Waals surface area contributed by atoms with E-state index in [0.29, 0.717) is 18.5 Å². The Morgan fingerprint density at radius 1 is 1.16 bits per heavy atom. The first-order valence-corrected chi connectivity index (χ1v) is 10.8. The molecule has 1 aliphatic carbocycles. The maximum Gasteiger partial charge on any atom is 0.339 e. The smallest absolute Gasteiger partial charge is 0.339 e. The molecule has 162 valence electrons. The van der Waals surface area contributed by atoms with Crippen molar-refractivity contribution < 1.29 is 14.3 Å². The van der Waals surface area contributed by atoms with Gasteiger partial charge in [-0.15, -0.1) is 6.58 Å². The van der Waals surface area contributed by atoms with Crippen LogP contribution in [-0.4, -0.2) is 29.5 Å².